The van der Waals surface area contributed by atoms with Crippen LogP contribution in [-0.4, -0.2) is 175 Å². The van der Waals surface area contributed by atoms with Gasteiger partial charge >= 0.3 is 0 Å². The predicted octanol–water partition coefficient (Wildman–Crippen LogP) is 3.48. The van der Waals surface area contributed by atoms with Crippen molar-refractivity contribution < 1.29 is 77.6 Å². The molecule has 0 fully saturated rings. The molecular weight excluding hydrogens is 1390 g/mol. The lowest BCUT2D eigenvalue weighted by Crippen LogP contribution is -2.64. The third-order valence-electron chi connectivity index (χ3n) is 19.3. The molecule has 12 amide bonds. The number of aromatic amines is 1. The number of hydrogen-bond acceptors (Lipinski definition) is 16. The summed E-state index contributed by atoms with van der Waals surface area (Å²) in [5, 5.41) is 62.0. The number of aliphatic hydroxyl groups is 2. The smallest absolute Gasteiger partial charge is 0.246 e. The van der Waals surface area contributed by atoms with Crippen molar-refractivity contribution in [1.82, 2.24) is 63.5 Å². The van der Waals surface area contributed by atoms with Crippen LogP contribution in [0.15, 0.2) is 97.2 Å². The molecule has 1 aliphatic heterocycles. The fourth-order valence-electron chi connectivity index (χ4n) is 12.6. The van der Waals surface area contributed by atoms with E-state index in [2.05, 4.69) is 63.5 Å². The summed E-state index contributed by atoms with van der Waals surface area (Å²) < 4.78 is 0. The molecule has 5 rings (SSSR count). The van der Waals surface area contributed by atoms with Crippen LogP contribution in [0.4, 0.5) is 0 Å². The number of fused-ring (bicyclic) bond motifs is 1. The molecule has 0 bridgehead atoms. The number of aromatic nitrogens is 1. The summed E-state index contributed by atoms with van der Waals surface area (Å²) in [5.41, 5.74) is 4.19. The first kappa shape index (κ1) is 88.6. The Morgan fingerprint density at radius 1 is 0.611 bits per heavy atom. The molecule has 4 aromatic rings. The van der Waals surface area contributed by atoms with Crippen molar-refractivity contribution in [3.63, 3.8) is 0 Å². The number of phenols is 1. The Kier molecular flexibility index (Phi) is 35.3. The predicted molar refractivity (Wildman–Crippen MR) is 407 cm³/mol. The van der Waals surface area contributed by atoms with Gasteiger partial charge in [-0.15, -0.1) is 0 Å². The molecule has 29 heteroatoms. The van der Waals surface area contributed by atoms with Crippen LogP contribution in [0.1, 0.15) is 183 Å². The molecule has 13 atom stereocenters. The Morgan fingerprint density at radius 2 is 1.24 bits per heavy atom. The highest BCUT2D eigenvalue weighted by Gasteiger charge is 2.42. The van der Waals surface area contributed by atoms with Crippen molar-refractivity contribution in [3.05, 3.63) is 114 Å². The van der Waals surface area contributed by atoms with Gasteiger partial charge in [-0.05, 0) is 146 Å². The Balaban J connectivity index is 1.55. The lowest BCUT2D eigenvalue weighted by molar-refractivity contribution is -0.138. The van der Waals surface area contributed by atoms with E-state index in [-0.39, 0.29) is 75.4 Å². The fraction of sp³-hybridized carbons (Fsp3) is 0.557. The van der Waals surface area contributed by atoms with Gasteiger partial charge in [0.1, 0.15) is 65.2 Å². The van der Waals surface area contributed by atoms with Gasteiger partial charge in [0.05, 0.1) is 18.8 Å². The third-order valence-corrected chi connectivity index (χ3v) is 19.3. The second kappa shape index (κ2) is 43.1. The Bertz CT molecular complexity index is 3750. The minimum atomic E-state index is -1.82. The molecular formula is C79H115N13O16. The average molecular weight is 1500 g/mol. The van der Waals surface area contributed by atoms with Crippen LogP contribution in [-0.2, 0) is 81.6 Å². The maximum atomic E-state index is 15.2. The summed E-state index contributed by atoms with van der Waals surface area (Å²) >= 11 is 0. The van der Waals surface area contributed by atoms with Gasteiger partial charge in [0.25, 0.3) is 0 Å². The number of phenolic OH excluding ortho intramolecular Hbond substituents is 1. The van der Waals surface area contributed by atoms with Crippen molar-refractivity contribution in [2.24, 2.45) is 23.5 Å². The molecule has 2 unspecified atom stereocenters. The van der Waals surface area contributed by atoms with E-state index in [1.54, 1.807) is 48.7 Å². The second-order valence-corrected chi connectivity index (χ2v) is 29.8. The average Bonchev–Trinajstić information content (AvgIpc) is 1.80. The fourth-order valence-corrected chi connectivity index (χ4v) is 12.6. The molecule has 3 aromatic carbocycles. The molecule has 592 valence electrons. The second-order valence-electron chi connectivity index (χ2n) is 29.8. The van der Waals surface area contributed by atoms with Gasteiger partial charge in [-0.1, -0.05) is 126 Å². The number of nitrogens with one attached hydrogen (secondary N) is 12. The summed E-state index contributed by atoms with van der Waals surface area (Å²) in [6.45, 7) is 16.2. The molecule has 0 saturated heterocycles. The number of para-hydroxylation sites is 1. The van der Waals surface area contributed by atoms with Gasteiger partial charge in [0.2, 0.25) is 70.9 Å². The molecule has 0 radical (unpaired) electrons. The number of Topliss-reactive ketones (excluding diaryl/α,β-unsaturated/α-hetero) is 1. The topological polar surface area (TPSA) is 457 Å². The van der Waals surface area contributed by atoms with Crippen LogP contribution < -0.4 is 64.2 Å². The first-order valence-corrected chi connectivity index (χ1v) is 37.5. The lowest BCUT2D eigenvalue weighted by atomic mass is 9.87. The number of nitrogens with two attached hydrogens (primary N) is 1. The lowest BCUT2D eigenvalue weighted by Gasteiger charge is -2.33. The Labute approximate surface area is 632 Å². The maximum Gasteiger partial charge on any atom is 0.246 e. The van der Waals surface area contributed by atoms with E-state index in [1.807, 2.05) is 64.1 Å². The number of aromatic hydroxyl groups is 1. The number of aliphatic hydroxyl groups excluding tert-OH is 2. The Morgan fingerprint density at radius 3 is 1.88 bits per heavy atom. The molecule has 1 aromatic heterocycles. The maximum absolute atomic E-state index is 15.2. The number of primary amides is 1. The Hall–Kier alpha value is -10.0. The van der Waals surface area contributed by atoms with Crippen LogP contribution >= 0.6 is 0 Å². The first-order chi connectivity index (χ1) is 51.0. The van der Waals surface area contributed by atoms with E-state index in [0.29, 0.717) is 68.1 Å². The normalized spacial score (nSPS) is 22.2. The van der Waals surface area contributed by atoms with E-state index < -0.39 is 161 Å². The van der Waals surface area contributed by atoms with Crippen LogP contribution in [0.2, 0.25) is 0 Å². The number of carbonyl (C=O) groups excluding carboxylic acids is 13. The van der Waals surface area contributed by atoms with Crippen LogP contribution in [0, 0.1) is 17.8 Å². The van der Waals surface area contributed by atoms with Gasteiger partial charge in [0, 0.05) is 55.6 Å². The minimum absolute atomic E-state index is 0.00959. The number of benzene rings is 3. The molecule has 2 heterocycles. The number of H-pyrrole nitrogens is 1. The summed E-state index contributed by atoms with van der Waals surface area (Å²) in [7, 11) is 0. The van der Waals surface area contributed by atoms with Gasteiger partial charge in [-0.2, -0.15) is 0 Å². The molecule has 1 aliphatic rings. The largest absolute Gasteiger partial charge is 0.508 e. The van der Waals surface area contributed by atoms with Crippen molar-refractivity contribution in [3.8, 4) is 5.75 Å². The highest BCUT2D eigenvalue weighted by molar-refractivity contribution is 6.01. The highest BCUT2D eigenvalue weighted by Crippen LogP contribution is 2.26. The molecule has 0 spiro atoms. The van der Waals surface area contributed by atoms with Crippen molar-refractivity contribution in [2.45, 2.75) is 257 Å². The molecule has 29 nitrogen and oxygen atoms in total. The first-order valence-electron chi connectivity index (χ1n) is 37.5. The van der Waals surface area contributed by atoms with Crippen LogP contribution in [0.3, 0.4) is 0 Å². The van der Waals surface area contributed by atoms with Crippen LogP contribution in [0.5, 0.6) is 5.75 Å². The van der Waals surface area contributed by atoms with Crippen molar-refractivity contribution in [2.75, 3.05) is 6.61 Å². The summed E-state index contributed by atoms with van der Waals surface area (Å²) in [4.78, 5) is 186. The van der Waals surface area contributed by atoms with E-state index in [0.717, 1.165) is 10.9 Å². The summed E-state index contributed by atoms with van der Waals surface area (Å²) in [6.07, 6.45) is 7.88. The number of amides is 12. The number of hydrogen-bond donors (Lipinski definition) is 16. The van der Waals surface area contributed by atoms with Gasteiger partial charge in [-0.3, -0.25) is 62.3 Å². The zero-order valence-electron chi connectivity index (χ0n) is 64.2. The van der Waals surface area contributed by atoms with Crippen molar-refractivity contribution >= 4 is 87.6 Å². The molecule has 0 aliphatic carbocycles. The van der Waals surface area contributed by atoms with Gasteiger partial charge < -0.3 is 84.5 Å². The standard InChI is InChI=1S/C79H115N13O16/c1-46(2)30-33-55-34-37-65(97)60(43-56-44-81-59-29-23-22-28-58(56)59)86-71(102)62(42-54-31-35-57(96)36-32-54)87-69(100)50(7)84-76(107)78(10,92-74(105)63(41-53-26-20-19-21-27-53)88-75(106)66(51(8)94)90-72(103)61(40-47(3)4)85-52(9)95)38-24-17-15-13-12-14-16-18-25-39-79(11,91-70(55)101)77(108)89-64(45-93)73(104)83-49(6)68(99)82-48(5)67(80)98/h14,16,19-23,26-29,31-32,35-36,44,46-51,55,60-64,66,81,93-94,96H,12-13,15,17-18,24-25,30,33-34,37-43,45H2,1-11H3,(H2,80,98)(H,82,99)(H,83,104)(H,84,107)(H,85,95)(H,86,102)(H,87,100)(H,88,106)(H,89,108)(H,90,103)(H,91,101)(H,92,105)/b16-14-/t48-,49?,50?,51+,55+,60-,61-,62-,63-,64-,66-,78+,79-/m0/s1. The highest BCUT2D eigenvalue weighted by atomic mass is 16.3. The molecule has 0 saturated carbocycles. The summed E-state index contributed by atoms with van der Waals surface area (Å²) in [6, 6.07) is 9.62. The van der Waals surface area contributed by atoms with Gasteiger partial charge in [0.15, 0.2) is 5.78 Å². The summed E-state index contributed by atoms with van der Waals surface area (Å²) in [5.74, 6) is -11.0. The number of rotatable bonds is 27. The van der Waals surface area contributed by atoms with E-state index in [9.17, 15) is 58.5 Å². The monoisotopic (exact) mass is 1500 g/mol. The van der Waals surface area contributed by atoms with Crippen molar-refractivity contribution in [1.29, 1.82) is 0 Å². The number of carbonyl (C=O) groups is 13. The van der Waals surface area contributed by atoms with E-state index in [4.69, 9.17) is 5.73 Å². The van der Waals surface area contributed by atoms with E-state index in [1.165, 1.54) is 60.6 Å². The zero-order chi connectivity index (χ0) is 80.0. The molecule has 108 heavy (non-hydrogen) atoms. The molecule has 17 N–H and O–H groups in total. The zero-order valence-corrected chi connectivity index (χ0v) is 64.2. The van der Waals surface area contributed by atoms with E-state index >= 15 is 19.2 Å². The third kappa shape index (κ3) is 28.6. The quantitative estimate of drug-likeness (QED) is 0.0380. The SMILES string of the molecule is CC(=O)N[C@@H](CC(C)C)C(=O)N[C@H](C(=O)N[C@@H](Cc1ccccc1)C(=O)N[C@]1(C)CCCCCC/C=C\CCC[C@@](C)(C(=O)N[C@@H](CO)C(=O)NC(C)C(=O)N[C@@H](C)C(N)=O)NC(=O)[C@H](CCC(C)C)CCC(=O)[C@H](Cc2c[nH]c3ccccc23)NC(=O)[C@H](Cc2ccc(O)cc2)NC(=O)C(C)NC1=O)[C@@H](C)O. The number of ketones is 1. The minimum Gasteiger partial charge on any atom is -0.508 e. The van der Waals surface area contributed by atoms with Crippen LogP contribution in [0.25, 0.3) is 10.9 Å². The van der Waals surface area contributed by atoms with Gasteiger partial charge in [-0.25, -0.2) is 0 Å². The number of allylic oxidation sites excluding steroid dienone is 2.